The van der Waals surface area contributed by atoms with E-state index in [9.17, 15) is 14.7 Å². The van der Waals surface area contributed by atoms with E-state index in [2.05, 4.69) is 0 Å². The van der Waals surface area contributed by atoms with Crippen LogP contribution in [0, 0.1) is 6.92 Å². The summed E-state index contributed by atoms with van der Waals surface area (Å²) in [5, 5.41) is 11.0. The fourth-order valence-corrected chi connectivity index (χ4v) is 3.61. The van der Waals surface area contributed by atoms with Gasteiger partial charge in [0.2, 0.25) is 0 Å². The fraction of sp³-hybridized carbons (Fsp3) is 0.333. The Morgan fingerprint density at radius 3 is 2.21 bits per heavy atom. The van der Waals surface area contributed by atoms with Crippen LogP contribution in [0.5, 0.6) is 0 Å². The maximum atomic E-state index is 12.9. The van der Waals surface area contributed by atoms with Crippen LogP contribution in [0.15, 0.2) is 54.1 Å². The van der Waals surface area contributed by atoms with E-state index in [0.717, 1.165) is 29.7 Å². The van der Waals surface area contributed by atoms with Gasteiger partial charge in [0.1, 0.15) is 5.76 Å². The topological polar surface area (TPSA) is 60.9 Å². The highest BCUT2D eigenvalue weighted by atomic mass is 16.3. The fourth-order valence-electron chi connectivity index (χ4n) is 3.61. The molecule has 0 spiro atoms. The molecule has 1 amide bonds. The molecule has 1 heterocycles. The second kappa shape index (κ2) is 8.52. The van der Waals surface area contributed by atoms with Crippen molar-refractivity contribution in [3.05, 3.63) is 70.8 Å². The van der Waals surface area contributed by atoms with Crippen LogP contribution >= 0.6 is 0 Å². The van der Waals surface area contributed by atoms with E-state index in [-0.39, 0.29) is 11.3 Å². The summed E-state index contributed by atoms with van der Waals surface area (Å²) in [6, 6.07) is 14.5. The number of aliphatic hydroxyl groups excluding tert-OH is 1. The number of aryl methyl sites for hydroxylation is 1. The Balaban J connectivity index is 2.13. The first-order valence-corrected chi connectivity index (χ1v) is 9.98. The maximum Gasteiger partial charge on any atom is 0.295 e. The van der Waals surface area contributed by atoms with E-state index >= 15 is 0 Å². The SMILES string of the molecule is CCCCN1C(=O)C(=O)/C(=C(/O)c2ccc(C)cc2)[C@H]1c1ccc(N(C)C)cc1. The van der Waals surface area contributed by atoms with Crippen LogP contribution in [-0.2, 0) is 9.59 Å². The van der Waals surface area contributed by atoms with Gasteiger partial charge in [0.05, 0.1) is 11.6 Å². The normalized spacial score (nSPS) is 18.3. The first-order valence-electron chi connectivity index (χ1n) is 9.98. The van der Waals surface area contributed by atoms with Crippen LogP contribution in [0.2, 0.25) is 0 Å². The number of ketones is 1. The summed E-state index contributed by atoms with van der Waals surface area (Å²) in [5.41, 5.74) is 3.60. The number of aliphatic hydroxyl groups is 1. The predicted molar refractivity (Wildman–Crippen MR) is 116 cm³/mol. The first-order chi connectivity index (χ1) is 13.8. The van der Waals surface area contributed by atoms with E-state index in [1.807, 2.05) is 69.2 Å². The van der Waals surface area contributed by atoms with Crippen molar-refractivity contribution in [2.75, 3.05) is 25.5 Å². The number of likely N-dealkylation sites (tertiary alicyclic amines) is 1. The third-order valence-electron chi connectivity index (χ3n) is 5.34. The predicted octanol–water partition coefficient (Wildman–Crippen LogP) is 4.28. The lowest BCUT2D eigenvalue weighted by molar-refractivity contribution is -0.139. The van der Waals surface area contributed by atoms with E-state index in [1.54, 1.807) is 17.0 Å². The monoisotopic (exact) mass is 392 g/mol. The van der Waals surface area contributed by atoms with Crippen LogP contribution < -0.4 is 4.90 Å². The molecule has 5 nitrogen and oxygen atoms in total. The highest BCUT2D eigenvalue weighted by Gasteiger charge is 2.45. The lowest BCUT2D eigenvalue weighted by Crippen LogP contribution is -2.30. The Kier molecular flexibility index (Phi) is 6.06. The molecule has 2 aromatic rings. The second-order valence-electron chi connectivity index (χ2n) is 7.70. The van der Waals surface area contributed by atoms with E-state index in [1.165, 1.54) is 0 Å². The number of carbonyl (C=O) groups is 2. The molecule has 0 aromatic heterocycles. The molecule has 2 aromatic carbocycles. The average molecular weight is 392 g/mol. The smallest absolute Gasteiger partial charge is 0.295 e. The van der Waals surface area contributed by atoms with Gasteiger partial charge in [-0.1, -0.05) is 55.3 Å². The molecule has 3 rings (SSSR count). The number of benzene rings is 2. The van der Waals surface area contributed by atoms with Crippen molar-refractivity contribution in [2.24, 2.45) is 0 Å². The van der Waals surface area contributed by atoms with Crippen LogP contribution in [-0.4, -0.2) is 42.3 Å². The van der Waals surface area contributed by atoms with Gasteiger partial charge in [0.15, 0.2) is 0 Å². The van der Waals surface area contributed by atoms with Gasteiger partial charge < -0.3 is 14.9 Å². The second-order valence-corrected chi connectivity index (χ2v) is 7.70. The zero-order valence-corrected chi connectivity index (χ0v) is 17.5. The lowest BCUT2D eigenvalue weighted by Gasteiger charge is -2.25. The van der Waals surface area contributed by atoms with Crippen LogP contribution in [0.1, 0.15) is 42.5 Å². The quantitative estimate of drug-likeness (QED) is 0.453. The Hall–Kier alpha value is -3.08. The molecule has 0 radical (unpaired) electrons. The van der Waals surface area contributed by atoms with E-state index in [4.69, 9.17) is 0 Å². The maximum absolute atomic E-state index is 12.9. The Morgan fingerprint density at radius 1 is 1.03 bits per heavy atom. The molecule has 1 saturated heterocycles. The largest absolute Gasteiger partial charge is 0.507 e. The van der Waals surface area contributed by atoms with Gasteiger partial charge in [-0.05, 0) is 31.0 Å². The first kappa shape index (κ1) is 20.6. The number of rotatable bonds is 6. The molecule has 1 atom stereocenters. The van der Waals surface area contributed by atoms with Crippen LogP contribution in [0.3, 0.4) is 0 Å². The summed E-state index contributed by atoms with van der Waals surface area (Å²) in [6.07, 6.45) is 1.71. The Bertz CT molecular complexity index is 928. The third kappa shape index (κ3) is 4.04. The molecule has 0 unspecified atom stereocenters. The average Bonchev–Trinajstić information content (AvgIpc) is 2.97. The number of amides is 1. The molecule has 1 fully saturated rings. The molecule has 1 aliphatic heterocycles. The molecule has 0 bridgehead atoms. The highest BCUT2D eigenvalue weighted by Crippen LogP contribution is 2.39. The Labute approximate surface area is 172 Å². The zero-order chi connectivity index (χ0) is 21.1. The molecule has 1 aliphatic rings. The number of unbranched alkanes of at least 4 members (excludes halogenated alkanes) is 1. The summed E-state index contributed by atoms with van der Waals surface area (Å²) in [7, 11) is 3.92. The minimum Gasteiger partial charge on any atom is -0.507 e. The van der Waals surface area contributed by atoms with Gasteiger partial charge in [-0.2, -0.15) is 0 Å². The molecule has 1 N–H and O–H groups in total. The zero-order valence-electron chi connectivity index (χ0n) is 17.5. The van der Waals surface area contributed by atoms with Crippen molar-refractivity contribution < 1.29 is 14.7 Å². The highest BCUT2D eigenvalue weighted by molar-refractivity contribution is 6.46. The summed E-state index contributed by atoms with van der Waals surface area (Å²) in [5.74, 6) is -1.29. The van der Waals surface area contributed by atoms with Gasteiger partial charge in [-0.3, -0.25) is 9.59 Å². The number of hydrogen-bond acceptors (Lipinski definition) is 4. The van der Waals surface area contributed by atoms with Gasteiger partial charge >= 0.3 is 0 Å². The van der Waals surface area contributed by atoms with Crippen LogP contribution in [0.4, 0.5) is 5.69 Å². The van der Waals surface area contributed by atoms with Gasteiger partial charge in [-0.25, -0.2) is 0 Å². The van der Waals surface area contributed by atoms with Crippen molar-refractivity contribution in [1.82, 2.24) is 4.90 Å². The molecule has 0 aliphatic carbocycles. The van der Waals surface area contributed by atoms with Crippen molar-refractivity contribution in [3.63, 3.8) is 0 Å². The number of hydrogen-bond donors (Lipinski definition) is 1. The number of Topliss-reactive ketones (excluding diaryl/α,β-unsaturated/α-hetero) is 1. The van der Waals surface area contributed by atoms with Gasteiger partial charge in [0.25, 0.3) is 11.7 Å². The standard InChI is InChI=1S/C24H28N2O3/c1-5-6-15-26-21(17-11-13-19(14-12-17)25(3)4)20(23(28)24(26)29)22(27)18-9-7-16(2)8-10-18/h7-14,21,27H,5-6,15H2,1-4H3/b22-20+/t21-/m1/s1. The van der Waals surface area contributed by atoms with Crippen molar-refractivity contribution in [1.29, 1.82) is 0 Å². The number of carbonyl (C=O) groups excluding carboxylic acids is 2. The third-order valence-corrected chi connectivity index (χ3v) is 5.34. The summed E-state index contributed by atoms with van der Waals surface area (Å²) in [4.78, 5) is 29.3. The van der Waals surface area contributed by atoms with E-state index in [0.29, 0.717) is 12.1 Å². The van der Waals surface area contributed by atoms with Crippen molar-refractivity contribution >= 4 is 23.1 Å². The minimum atomic E-state index is -0.624. The van der Waals surface area contributed by atoms with Crippen molar-refractivity contribution in [2.45, 2.75) is 32.7 Å². The van der Waals surface area contributed by atoms with Gasteiger partial charge in [-0.15, -0.1) is 0 Å². The summed E-state index contributed by atoms with van der Waals surface area (Å²) in [6.45, 7) is 4.48. The molecule has 0 saturated carbocycles. The molecule has 152 valence electrons. The molecular formula is C24H28N2O3. The molecule has 29 heavy (non-hydrogen) atoms. The number of nitrogens with zero attached hydrogens (tertiary/aromatic N) is 2. The Morgan fingerprint density at radius 2 is 1.66 bits per heavy atom. The van der Waals surface area contributed by atoms with Crippen LogP contribution in [0.25, 0.3) is 5.76 Å². The van der Waals surface area contributed by atoms with Gasteiger partial charge in [0, 0.05) is 31.9 Å². The molecular weight excluding hydrogens is 364 g/mol. The summed E-state index contributed by atoms with van der Waals surface area (Å²) < 4.78 is 0. The lowest BCUT2D eigenvalue weighted by atomic mass is 9.94. The molecule has 5 heteroatoms. The van der Waals surface area contributed by atoms with E-state index < -0.39 is 17.7 Å². The summed E-state index contributed by atoms with van der Waals surface area (Å²) >= 11 is 0. The van der Waals surface area contributed by atoms with Crippen molar-refractivity contribution in [3.8, 4) is 0 Å². The number of anilines is 1. The minimum absolute atomic E-state index is 0.121.